The Labute approximate surface area is 94.2 Å². The van der Waals surface area contributed by atoms with Gasteiger partial charge in [0.05, 0.1) is 6.61 Å². The molecule has 16 heavy (non-hydrogen) atoms. The summed E-state index contributed by atoms with van der Waals surface area (Å²) in [7, 11) is 0. The number of nitrogens with zero attached hydrogens (tertiary/aromatic N) is 1. The highest BCUT2D eigenvalue weighted by Crippen LogP contribution is 2.27. The Kier molecular flexibility index (Phi) is 3.74. The predicted molar refractivity (Wildman–Crippen MR) is 57.1 cm³/mol. The summed E-state index contributed by atoms with van der Waals surface area (Å²) in [5.41, 5.74) is -0.247. The summed E-state index contributed by atoms with van der Waals surface area (Å²) in [5, 5.41) is 19.8. The van der Waals surface area contributed by atoms with Crippen molar-refractivity contribution >= 4 is 12.0 Å². The molecule has 0 bridgehead atoms. The van der Waals surface area contributed by atoms with Gasteiger partial charge in [0.15, 0.2) is 6.04 Å². The number of hydrogen-bond donors (Lipinski definition) is 3. The molecule has 1 rings (SSSR count). The lowest BCUT2D eigenvalue weighted by molar-refractivity contribution is -0.140. The van der Waals surface area contributed by atoms with Gasteiger partial charge in [0.25, 0.3) is 0 Å². The molecule has 3 N–H and O–H groups in total. The maximum atomic E-state index is 11.8. The van der Waals surface area contributed by atoms with Gasteiger partial charge in [-0.1, -0.05) is 0 Å². The Morgan fingerprint density at radius 3 is 2.50 bits per heavy atom. The van der Waals surface area contributed by atoms with Crippen LogP contribution in [0.3, 0.4) is 0 Å². The van der Waals surface area contributed by atoms with Gasteiger partial charge in [-0.2, -0.15) is 0 Å². The second kappa shape index (κ2) is 4.69. The van der Waals surface area contributed by atoms with Gasteiger partial charge < -0.3 is 20.4 Å². The Bertz CT molecular complexity index is 291. The van der Waals surface area contributed by atoms with Crippen LogP contribution in [0, 0.1) is 0 Å². The van der Waals surface area contributed by atoms with Crippen LogP contribution in [0.4, 0.5) is 4.79 Å². The summed E-state index contributed by atoms with van der Waals surface area (Å²) in [6.45, 7) is 3.90. The Morgan fingerprint density at radius 1 is 1.50 bits per heavy atom. The molecule has 0 aromatic carbocycles. The fourth-order valence-corrected chi connectivity index (χ4v) is 1.90. The third-order valence-electron chi connectivity index (χ3n) is 2.92. The number of carbonyl (C=O) groups is 2. The molecule has 0 radical (unpaired) electrons. The van der Waals surface area contributed by atoms with E-state index in [4.69, 9.17) is 10.2 Å². The van der Waals surface area contributed by atoms with Crippen LogP contribution in [0.5, 0.6) is 0 Å². The molecule has 0 saturated carbocycles. The number of nitrogens with one attached hydrogen (secondary N) is 1. The van der Waals surface area contributed by atoms with Crippen LogP contribution < -0.4 is 5.32 Å². The largest absolute Gasteiger partial charge is 0.480 e. The fourth-order valence-electron chi connectivity index (χ4n) is 1.90. The molecular weight excluding hydrogens is 212 g/mol. The normalized spacial score (nSPS) is 20.6. The molecule has 1 unspecified atom stereocenters. The first-order chi connectivity index (χ1) is 7.38. The van der Waals surface area contributed by atoms with Crippen LogP contribution >= 0.6 is 0 Å². The second-order valence-electron chi connectivity index (χ2n) is 4.59. The van der Waals surface area contributed by atoms with Crippen molar-refractivity contribution in [1.82, 2.24) is 10.2 Å². The van der Waals surface area contributed by atoms with Gasteiger partial charge in [0, 0.05) is 12.1 Å². The van der Waals surface area contributed by atoms with E-state index in [1.807, 2.05) is 13.8 Å². The van der Waals surface area contributed by atoms with E-state index in [0.717, 1.165) is 12.8 Å². The van der Waals surface area contributed by atoms with E-state index in [-0.39, 0.29) is 5.54 Å². The number of hydrogen-bond acceptors (Lipinski definition) is 3. The third-order valence-corrected chi connectivity index (χ3v) is 2.92. The summed E-state index contributed by atoms with van der Waals surface area (Å²) < 4.78 is 0. The van der Waals surface area contributed by atoms with Crippen molar-refractivity contribution in [3.05, 3.63) is 0 Å². The number of rotatable bonds is 3. The van der Waals surface area contributed by atoms with Gasteiger partial charge in [-0.15, -0.1) is 0 Å². The average molecular weight is 230 g/mol. The standard InChI is InChI=1S/C10H18N2O4/c1-10(2)4-3-5-12(10)9(16)11-7(6-13)8(14)15/h7,13H,3-6H2,1-2H3,(H,11,16)(H,14,15). The van der Waals surface area contributed by atoms with Crippen LogP contribution in [-0.2, 0) is 4.79 Å². The van der Waals surface area contributed by atoms with Crippen LogP contribution in [0.15, 0.2) is 0 Å². The first-order valence-corrected chi connectivity index (χ1v) is 5.30. The maximum Gasteiger partial charge on any atom is 0.328 e. The Hall–Kier alpha value is -1.30. The first-order valence-electron chi connectivity index (χ1n) is 5.30. The molecule has 6 heteroatoms. The van der Waals surface area contributed by atoms with Gasteiger partial charge in [-0.05, 0) is 26.7 Å². The summed E-state index contributed by atoms with van der Waals surface area (Å²) in [4.78, 5) is 24.0. The maximum absolute atomic E-state index is 11.8. The number of aliphatic hydroxyl groups excluding tert-OH is 1. The van der Waals surface area contributed by atoms with Gasteiger partial charge in [-0.3, -0.25) is 0 Å². The number of likely N-dealkylation sites (tertiary alicyclic amines) is 1. The molecule has 1 aliphatic heterocycles. The Morgan fingerprint density at radius 2 is 2.12 bits per heavy atom. The van der Waals surface area contributed by atoms with Gasteiger partial charge in [0.1, 0.15) is 0 Å². The number of aliphatic carboxylic acids is 1. The van der Waals surface area contributed by atoms with E-state index in [1.54, 1.807) is 4.90 Å². The van der Waals surface area contributed by atoms with Crippen LogP contribution in [0.2, 0.25) is 0 Å². The van der Waals surface area contributed by atoms with Crippen molar-refractivity contribution in [2.75, 3.05) is 13.2 Å². The topological polar surface area (TPSA) is 89.9 Å². The van der Waals surface area contributed by atoms with Crippen molar-refractivity contribution < 1.29 is 19.8 Å². The SMILES string of the molecule is CC1(C)CCCN1C(=O)NC(CO)C(=O)O. The fraction of sp³-hybridized carbons (Fsp3) is 0.800. The first kappa shape index (κ1) is 12.8. The zero-order valence-corrected chi connectivity index (χ0v) is 9.56. The smallest absolute Gasteiger partial charge is 0.328 e. The van der Waals surface area contributed by atoms with E-state index in [0.29, 0.717) is 6.54 Å². The van der Waals surface area contributed by atoms with Crippen molar-refractivity contribution in [1.29, 1.82) is 0 Å². The molecule has 0 spiro atoms. The molecule has 2 amide bonds. The highest BCUT2D eigenvalue weighted by molar-refractivity contribution is 5.83. The van der Waals surface area contributed by atoms with E-state index < -0.39 is 24.6 Å². The van der Waals surface area contributed by atoms with Gasteiger partial charge >= 0.3 is 12.0 Å². The molecule has 6 nitrogen and oxygen atoms in total. The summed E-state index contributed by atoms with van der Waals surface area (Å²) in [6, 6.07) is -1.66. The Balaban J connectivity index is 2.61. The summed E-state index contributed by atoms with van der Waals surface area (Å²) in [6.07, 6.45) is 1.81. The lowest BCUT2D eigenvalue weighted by Gasteiger charge is -2.32. The van der Waals surface area contributed by atoms with Crippen molar-refractivity contribution in [2.45, 2.75) is 38.3 Å². The van der Waals surface area contributed by atoms with Crippen molar-refractivity contribution in [3.63, 3.8) is 0 Å². The van der Waals surface area contributed by atoms with Crippen molar-refractivity contribution in [3.8, 4) is 0 Å². The molecule has 1 atom stereocenters. The zero-order valence-electron chi connectivity index (χ0n) is 9.56. The average Bonchev–Trinajstić information content (AvgIpc) is 2.53. The number of carboxylic acid groups (broad SMARTS) is 1. The lowest BCUT2D eigenvalue weighted by atomic mass is 10.0. The van der Waals surface area contributed by atoms with E-state index in [1.165, 1.54) is 0 Å². The molecule has 1 fully saturated rings. The molecule has 0 aromatic heterocycles. The molecule has 1 aliphatic rings. The van der Waals surface area contributed by atoms with Crippen molar-refractivity contribution in [2.24, 2.45) is 0 Å². The van der Waals surface area contributed by atoms with E-state index >= 15 is 0 Å². The van der Waals surface area contributed by atoms with E-state index in [9.17, 15) is 9.59 Å². The highest BCUT2D eigenvalue weighted by atomic mass is 16.4. The van der Waals surface area contributed by atoms with Crippen LogP contribution in [0.1, 0.15) is 26.7 Å². The summed E-state index contributed by atoms with van der Waals surface area (Å²) >= 11 is 0. The molecular formula is C10H18N2O4. The van der Waals surface area contributed by atoms with Crippen LogP contribution in [0.25, 0.3) is 0 Å². The predicted octanol–water partition coefficient (Wildman–Crippen LogP) is 0.0159. The number of urea groups is 1. The quantitative estimate of drug-likeness (QED) is 0.637. The zero-order chi connectivity index (χ0) is 12.3. The number of amides is 2. The molecule has 0 aromatic rings. The minimum absolute atomic E-state index is 0.247. The van der Waals surface area contributed by atoms with Gasteiger partial charge in [-0.25, -0.2) is 9.59 Å². The second-order valence-corrected chi connectivity index (χ2v) is 4.59. The minimum atomic E-state index is -1.23. The highest BCUT2D eigenvalue weighted by Gasteiger charge is 2.36. The third kappa shape index (κ3) is 2.63. The number of carbonyl (C=O) groups excluding carboxylic acids is 1. The van der Waals surface area contributed by atoms with E-state index in [2.05, 4.69) is 5.32 Å². The summed E-state index contributed by atoms with van der Waals surface area (Å²) in [5.74, 6) is -1.23. The molecule has 92 valence electrons. The molecule has 1 heterocycles. The lowest BCUT2D eigenvalue weighted by Crippen LogP contribution is -2.53. The number of aliphatic hydroxyl groups is 1. The van der Waals surface area contributed by atoms with Crippen LogP contribution in [-0.4, -0.2) is 51.8 Å². The molecule has 1 saturated heterocycles. The minimum Gasteiger partial charge on any atom is -0.480 e. The monoisotopic (exact) mass is 230 g/mol. The number of carboxylic acids is 1. The molecule has 0 aliphatic carbocycles. The van der Waals surface area contributed by atoms with Gasteiger partial charge in [0.2, 0.25) is 0 Å².